The Morgan fingerprint density at radius 2 is 1.53 bits per heavy atom. The maximum absolute atomic E-state index is 12.7. The molecule has 0 saturated heterocycles. The molecule has 0 saturated carbocycles. The smallest absolute Gasteiger partial charge is 0.364 e. The van der Waals surface area contributed by atoms with Crippen LogP contribution < -0.4 is 4.74 Å². The topological polar surface area (TPSA) is 35.5 Å². The lowest BCUT2D eigenvalue weighted by Gasteiger charge is -2.34. The highest BCUT2D eigenvalue weighted by atomic mass is 16.5. The Morgan fingerprint density at radius 1 is 0.882 bits per heavy atom. The quantitative estimate of drug-likeness (QED) is 0.152. The zero-order valence-electron chi connectivity index (χ0n) is 22.1. The number of quaternary nitrogens is 1. The first-order chi connectivity index (χ1) is 16.3. The van der Waals surface area contributed by atoms with Crippen molar-refractivity contribution >= 4 is 5.97 Å². The number of hydrogen-bond acceptors (Lipinski definition) is 3. The van der Waals surface area contributed by atoms with E-state index in [1.165, 1.54) is 49.7 Å². The number of benzene rings is 2. The van der Waals surface area contributed by atoms with Crippen LogP contribution in [0.3, 0.4) is 0 Å². The zero-order chi connectivity index (χ0) is 24.8. The van der Waals surface area contributed by atoms with Crippen molar-refractivity contribution in [1.29, 1.82) is 0 Å². The summed E-state index contributed by atoms with van der Waals surface area (Å²) in [6.07, 6.45) is 9.47. The van der Waals surface area contributed by atoms with E-state index < -0.39 is 0 Å². The van der Waals surface area contributed by atoms with E-state index in [-0.39, 0.29) is 18.1 Å². The Balaban J connectivity index is 1.75. The van der Waals surface area contributed by atoms with Gasteiger partial charge in [-0.2, -0.15) is 0 Å². The number of esters is 1. The fourth-order valence-corrected chi connectivity index (χ4v) is 4.12. The van der Waals surface area contributed by atoms with Gasteiger partial charge in [0.05, 0.1) is 26.8 Å². The van der Waals surface area contributed by atoms with Crippen LogP contribution in [0, 0.1) is 0 Å². The molecule has 0 fully saturated rings. The lowest BCUT2D eigenvalue weighted by atomic mass is 10.0. The summed E-state index contributed by atoms with van der Waals surface area (Å²) in [5, 5.41) is 0. The summed E-state index contributed by atoms with van der Waals surface area (Å²) in [7, 11) is 4.15. The molecule has 0 aliphatic heterocycles. The van der Waals surface area contributed by atoms with E-state index in [2.05, 4.69) is 51.4 Å². The molecule has 2 aromatic carbocycles. The van der Waals surface area contributed by atoms with E-state index in [1.54, 1.807) is 0 Å². The Hall–Kier alpha value is -2.33. The number of aryl methyl sites for hydroxylation is 1. The molecule has 0 N–H and O–H groups in total. The van der Waals surface area contributed by atoms with Crippen LogP contribution in [0.2, 0.25) is 0 Å². The first kappa shape index (κ1) is 27.9. The van der Waals surface area contributed by atoms with Gasteiger partial charge in [-0.25, -0.2) is 4.79 Å². The molecule has 4 heteroatoms. The molecule has 0 radical (unpaired) electrons. The minimum Gasteiger partial charge on any atom is -0.490 e. The summed E-state index contributed by atoms with van der Waals surface area (Å²) >= 11 is 0. The normalized spacial score (nSPS) is 13.3. The van der Waals surface area contributed by atoms with Crippen molar-refractivity contribution in [3.63, 3.8) is 0 Å². The van der Waals surface area contributed by atoms with Crippen molar-refractivity contribution < 1.29 is 18.8 Å². The second-order valence-electron chi connectivity index (χ2n) is 10.1. The minimum absolute atomic E-state index is 0.0133. The van der Waals surface area contributed by atoms with Crippen LogP contribution >= 0.6 is 0 Å². The molecule has 0 aliphatic rings. The largest absolute Gasteiger partial charge is 0.490 e. The lowest BCUT2D eigenvalue weighted by Crippen LogP contribution is -2.51. The van der Waals surface area contributed by atoms with E-state index >= 15 is 0 Å². The van der Waals surface area contributed by atoms with Gasteiger partial charge in [-0.15, -0.1) is 0 Å². The van der Waals surface area contributed by atoms with Crippen molar-refractivity contribution in [2.75, 3.05) is 20.7 Å². The summed E-state index contributed by atoms with van der Waals surface area (Å²) in [5.74, 6) is 0.806. The molecule has 0 spiro atoms. The summed E-state index contributed by atoms with van der Waals surface area (Å²) in [4.78, 5) is 12.7. The number of unbranched alkanes of at least 4 members (excludes halogenated alkanes) is 5. The summed E-state index contributed by atoms with van der Waals surface area (Å²) in [5.41, 5.74) is 2.49. The molecule has 0 aromatic heterocycles. The highest BCUT2D eigenvalue weighted by molar-refractivity contribution is 5.74. The van der Waals surface area contributed by atoms with Crippen LogP contribution in [0.15, 0.2) is 54.6 Å². The average Bonchev–Trinajstić information content (AvgIpc) is 2.82. The Kier molecular flexibility index (Phi) is 12.2. The predicted molar refractivity (Wildman–Crippen MR) is 141 cm³/mol. The van der Waals surface area contributed by atoms with E-state index in [0.717, 1.165) is 18.7 Å². The second kappa shape index (κ2) is 14.8. The fourth-order valence-electron chi connectivity index (χ4n) is 4.12. The van der Waals surface area contributed by atoms with Gasteiger partial charge in [-0.1, -0.05) is 87.6 Å². The Bertz CT molecular complexity index is 834. The minimum atomic E-state index is -0.241. The molecular weight excluding hydrogens is 422 g/mol. The van der Waals surface area contributed by atoms with Crippen molar-refractivity contribution in [1.82, 2.24) is 0 Å². The number of ether oxygens (including phenoxy) is 2. The van der Waals surface area contributed by atoms with Gasteiger partial charge in [-0.3, -0.25) is 0 Å². The molecule has 4 nitrogen and oxygen atoms in total. The van der Waals surface area contributed by atoms with Crippen molar-refractivity contribution in [2.45, 2.75) is 90.8 Å². The number of para-hydroxylation sites is 1. The van der Waals surface area contributed by atoms with Crippen LogP contribution in [-0.4, -0.2) is 43.3 Å². The molecule has 2 atom stereocenters. The molecule has 0 heterocycles. The summed E-state index contributed by atoms with van der Waals surface area (Å²) in [6, 6.07) is 18.4. The maximum atomic E-state index is 12.7. The van der Waals surface area contributed by atoms with Crippen LogP contribution in [0.4, 0.5) is 0 Å². The van der Waals surface area contributed by atoms with Gasteiger partial charge in [0.2, 0.25) is 0 Å². The highest BCUT2D eigenvalue weighted by Crippen LogP contribution is 2.23. The van der Waals surface area contributed by atoms with Gasteiger partial charge in [0, 0.05) is 12.0 Å². The van der Waals surface area contributed by atoms with Gasteiger partial charge < -0.3 is 14.0 Å². The predicted octanol–water partition coefficient (Wildman–Crippen LogP) is 6.96. The van der Waals surface area contributed by atoms with E-state index in [0.29, 0.717) is 17.5 Å². The molecule has 0 aliphatic carbocycles. The molecule has 34 heavy (non-hydrogen) atoms. The van der Waals surface area contributed by atoms with Crippen LogP contribution in [0.1, 0.15) is 76.8 Å². The lowest BCUT2D eigenvalue weighted by molar-refractivity contribution is -0.917. The summed E-state index contributed by atoms with van der Waals surface area (Å²) < 4.78 is 12.4. The van der Waals surface area contributed by atoms with Crippen molar-refractivity contribution in [2.24, 2.45) is 0 Å². The molecule has 2 unspecified atom stereocenters. The molecule has 188 valence electrons. The second-order valence-corrected chi connectivity index (χ2v) is 10.1. The molecule has 2 rings (SSSR count). The van der Waals surface area contributed by atoms with Gasteiger partial charge in [0.25, 0.3) is 0 Å². The highest BCUT2D eigenvalue weighted by Gasteiger charge is 2.32. The third-order valence-electron chi connectivity index (χ3n) is 6.69. The van der Waals surface area contributed by atoms with Crippen molar-refractivity contribution in [3.05, 3.63) is 65.7 Å². The zero-order valence-corrected chi connectivity index (χ0v) is 22.1. The van der Waals surface area contributed by atoms with Crippen LogP contribution in [-0.2, 0) is 22.5 Å². The number of nitrogens with zero attached hydrogens (tertiary/aromatic N) is 1. The molecule has 0 bridgehead atoms. The summed E-state index contributed by atoms with van der Waals surface area (Å²) in [6.45, 7) is 7.40. The van der Waals surface area contributed by atoms with Crippen LogP contribution in [0.25, 0.3) is 0 Å². The molecule has 0 amide bonds. The van der Waals surface area contributed by atoms with Gasteiger partial charge in [0.15, 0.2) is 6.04 Å². The van der Waals surface area contributed by atoms with E-state index in [4.69, 9.17) is 9.47 Å². The van der Waals surface area contributed by atoms with Crippen LogP contribution in [0.5, 0.6) is 5.75 Å². The number of hydrogen-bond donors (Lipinski definition) is 0. The number of carbonyl (C=O) groups is 1. The Labute approximate surface area is 207 Å². The molecular formula is C30H46NO3+. The number of rotatable bonds is 16. The van der Waals surface area contributed by atoms with Crippen molar-refractivity contribution in [3.8, 4) is 5.75 Å². The Morgan fingerprint density at radius 3 is 2.26 bits per heavy atom. The van der Waals surface area contributed by atoms with Gasteiger partial charge in [0.1, 0.15) is 12.3 Å². The number of carbonyl (C=O) groups excluding carboxylic acids is 1. The van der Waals surface area contributed by atoms with Gasteiger partial charge >= 0.3 is 5.97 Å². The maximum Gasteiger partial charge on any atom is 0.364 e. The third kappa shape index (κ3) is 9.89. The van der Waals surface area contributed by atoms with Gasteiger partial charge in [-0.05, 0) is 38.3 Å². The van der Waals surface area contributed by atoms with E-state index in [9.17, 15) is 4.79 Å². The fraction of sp³-hybridized carbons (Fsp3) is 0.567. The van der Waals surface area contributed by atoms with E-state index in [1.807, 2.05) is 38.1 Å². The number of likely N-dealkylation sites (N-methyl/N-ethyl adjacent to an activating group) is 1. The standard InChI is InChI=1S/C30H46NO3/c1-6-7-8-9-10-14-19-28-20-15-16-21-29(28)34-25(2)22-23-33-30(32)26(3)31(4,5)24-27-17-12-11-13-18-27/h11-13,15-18,20-21,25-26H,6-10,14,19,22-24H2,1-5H3/q+1. The molecule has 2 aromatic rings. The SMILES string of the molecule is CCCCCCCCc1ccccc1OC(C)CCOC(=O)C(C)[N+](C)(C)Cc1ccccc1. The first-order valence-corrected chi connectivity index (χ1v) is 13.1. The third-order valence-corrected chi connectivity index (χ3v) is 6.69. The monoisotopic (exact) mass is 468 g/mol. The average molecular weight is 469 g/mol. The first-order valence-electron chi connectivity index (χ1n) is 13.1.